The number of aromatic nitrogens is 1. The number of carbonyl (C=O) groups is 1. The van der Waals surface area contributed by atoms with Gasteiger partial charge in [-0.15, -0.1) is 0 Å². The molecule has 1 heterocycles. The third kappa shape index (κ3) is 2.36. The average Bonchev–Trinajstić information content (AvgIpc) is 2.55. The minimum atomic E-state index is -0.328. The summed E-state index contributed by atoms with van der Waals surface area (Å²) in [5, 5.41) is 1.06. The maximum Gasteiger partial charge on any atom is 0.258 e. The number of anilines is 1. The zero-order valence-electron chi connectivity index (χ0n) is 11.5. The molecule has 3 nitrogen and oxygen atoms in total. The van der Waals surface area contributed by atoms with Gasteiger partial charge < -0.3 is 4.90 Å². The van der Waals surface area contributed by atoms with Crippen molar-refractivity contribution < 1.29 is 9.18 Å². The first-order valence-electron chi connectivity index (χ1n) is 6.54. The second kappa shape index (κ2) is 5.32. The molecule has 21 heavy (non-hydrogen) atoms. The fraction of sp³-hybridized carbons (Fsp3) is 0.0588. The molecule has 3 rings (SSSR count). The average molecular weight is 280 g/mol. The lowest BCUT2D eigenvalue weighted by Gasteiger charge is -2.18. The number of rotatable bonds is 2. The summed E-state index contributed by atoms with van der Waals surface area (Å²) in [4.78, 5) is 18.2. The van der Waals surface area contributed by atoms with Crippen LogP contribution in [0.5, 0.6) is 0 Å². The maximum atomic E-state index is 13.8. The number of nitrogens with zero attached hydrogens (tertiary/aromatic N) is 2. The van der Waals surface area contributed by atoms with Gasteiger partial charge in [-0.1, -0.05) is 24.3 Å². The Bertz CT molecular complexity index is 802. The lowest BCUT2D eigenvalue weighted by Crippen LogP contribution is -2.26. The van der Waals surface area contributed by atoms with Crippen LogP contribution >= 0.6 is 0 Å². The highest BCUT2D eigenvalue weighted by Gasteiger charge is 2.17. The number of benzene rings is 2. The van der Waals surface area contributed by atoms with Gasteiger partial charge in [-0.3, -0.25) is 9.78 Å². The molecular weight excluding hydrogens is 267 g/mol. The van der Waals surface area contributed by atoms with Crippen molar-refractivity contribution in [1.82, 2.24) is 4.98 Å². The summed E-state index contributed by atoms with van der Waals surface area (Å²) in [5.41, 5.74) is 1.16. The normalized spacial score (nSPS) is 10.6. The van der Waals surface area contributed by atoms with Gasteiger partial charge in [0, 0.05) is 24.2 Å². The van der Waals surface area contributed by atoms with Crippen LogP contribution in [0.1, 0.15) is 10.4 Å². The van der Waals surface area contributed by atoms with Crippen LogP contribution in [0, 0.1) is 5.82 Å². The van der Waals surface area contributed by atoms with Gasteiger partial charge in [0.2, 0.25) is 0 Å². The van der Waals surface area contributed by atoms with Gasteiger partial charge in [0.05, 0.1) is 11.9 Å². The highest BCUT2D eigenvalue weighted by molar-refractivity contribution is 6.13. The molecule has 0 fully saturated rings. The largest absolute Gasteiger partial charge is 0.310 e. The van der Waals surface area contributed by atoms with Gasteiger partial charge in [-0.05, 0) is 29.7 Å². The van der Waals surface area contributed by atoms with Crippen LogP contribution in [0.15, 0.2) is 60.9 Å². The fourth-order valence-electron chi connectivity index (χ4n) is 2.30. The standard InChI is InChI=1S/C17H13FN2O/c1-20(12-5-4-10-19-11-12)17(21)15-8-9-16(18)14-7-3-2-6-13(14)15/h2-11H,1H3. The van der Waals surface area contributed by atoms with E-state index in [2.05, 4.69) is 4.98 Å². The first-order chi connectivity index (χ1) is 10.2. The summed E-state index contributed by atoms with van der Waals surface area (Å²) in [6.07, 6.45) is 3.26. The van der Waals surface area contributed by atoms with Crippen molar-refractivity contribution >= 4 is 22.4 Å². The van der Waals surface area contributed by atoms with Gasteiger partial charge in [-0.2, -0.15) is 0 Å². The molecule has 1 aromatic heterocycles. The number of carbonyl (C=O) groups excluding carboxylic acids is 1. The van der Waals surface area contributed by atoms with E-state index in [4.69, 9.17) is 0 Å². The molecule has 0 atom stereocenters. The SMILES string of the molecule is CN(C(=O)c1ccc(F)c2ccccc12)c1cccnc1. The Hall–Kier alpha value is -2.75. The predicted molar refractivity (Wildman–Crippen MR) is 80.9 cm³/mol. The minimum absolute atomic E-state index is 0.195. The Morgan fingerprint density at radius 3 is 2.52 bits per heavy atom. The highest BCUT2D eigenvalue weighted by atomic mass is 19.1. The lowest BCUT2D eigenvalue weighted by atomic mass is 10.0. The van der Waals surface area contributed by atoms with Crippen LogP contribution < -0.4 is 4.90 Å². The molecule has 0 radical (unpaired) electrons. The maximum absolute atomic E-state index is 13.8. The van der Waals surface area contributed by atoms with Crippen molar-refractivity contribution in [1.29, 1.82) is 0 Å². The van der Waals surface area contributed by atoms with Crippen LogP contribution in [-0.2, 0) is 0 Å². The molecule has 4 heteroatoms. The molecule has 0 bridgehead atoms. The molecule has 0 N–H and O–H groups in total. The molecular formula is C17H13FN2O. The number of pyridine rings is 1. The third-order valence-corrected chi connectivity index (χ3v) is 3.44. The molecule has 0 aliphatic rings. The van der Waals surface area contributed by atoms with E-state index in [1.54, 1.807) is 55.8 Å². The molecule has 3 aromatic rings. The van der Waals surface area contributed by atoms with Crippen LogP contribution in [0.2, 0.25) is 0 Å². The Morgan fingerprint density at radius 1 is 1.05 bits per heavy atom. The zero-order valence-corrected chi connectivity index (χ0v) is 11.5. The molecule has 0 aliphatic heterocycles. The van der Waals surface area contributed by atoms with E-state index < -0.39 is 0 Å². The number of hydrogen-bond acceptors (Lipinski definition) is 2. The number of amides is 1. The molecule has 0 aliphatic carbocycles. The van der Waals surface area contributed by atoms with E-state index in [0.717, 1.165) is 0 Å². The molecule has 1 amide bonds. The van der Waals surface area contributed by atoms with E-state index in [0.29, 0.717) is 22.0 Å². The first-order valence-corrected chi connectivity index (χ1v) is 6.54. The third-order valence-electron chi connectivity index (χ3n) is 3.44. The molecule has 104 valence electrons. The predicted octanol–water partition coefficient (Wildman–Crippen LogP) is 3.65. The Labute approximate surface area is 121 Å². The smallest absolute Gasteiger partial charge is 0.258 e. The van der Waals surface area contributed by atoms with E-state index in [9.17, 15) is 9.18 Å². The number of hydrogen-bond donors (Lipinski definition) is 0. The van der Waals surface area contributed by atoms with Gasteiger partial charge in [0.1, 0.15) is 5.82 Å². The van der Waals surface area contributed by atoms with Crippen LogP contribution in [0.3, 0.4) is 0 Å². The molecule has 0 saturated carbocycles. The second-order valence-corrected chi connectivity index (χ2v) is 4.72. The summed E-state index contributed by atoms with van der Waals surface area (Å²) >= 11 is 0. The topological polar surface area (TPSA) is 33.2 Å². The van der Waals surface area contributed by atoms with Gasteiger partial charge in [0.15, 0.2) is 0 Å². The second-order valence-electron chi connectivity index (χ2n) is 4.72. The Kier molecular flexibility index (Phi) is 3.36. The number of halogens is 1. The van der Waals surface area contributed by atoms with Crippen molar-refractivity contribution in [3.05, 3.63) is 72.3 Å². The van der Waals surface area contributed by atoms with Crippen LogP contribution in [0.4, 0.5) is 10.1 Å². The summed E-state index contributed by atoms with van der Waals surface area (Å²) in [5.74, 6) is -0.523. The Morgan fingerprint density at radius 2 is 1.81 bits per heavy atom. The van der Waals surface area contributed by atoms with Crippen molar-refractivity contribution in [2.24, 2.45) is 0 Å². The fourth-order valence-corrected chi connectivity index (χ4v) is 2.30. The molecule has 2 aromatic carbocycles. The van der Waals surface area contributed by atoms with Crippen molar-refractivity contribution in [3.8, 4) is 0 Å². The van der Waals surface area contributed by atoms with Crippen molar-refractivity contribution in [2.75, 3.05) is 11.9 Å². The Balaban J connectivity index is 2.09. The van der Waals surface area contributed by atoms with E-state index in [1.165, 1.54) is 17.0 Å². The highest BCUT2D eigenvalue weighted by Crippen LogP contribution is 2.24. The van der Waals surface area contributed by atoms with E-state index in [-0.39, 0.29) is 11.7 Å². The molecule has 0 saturated heterocycles. The van der Waals surface area contributed by atoms with Gasteiger partial charge in [0.25, 0.3) is 5.91 Å². The number of fused-ring (bicyclic) bond motifs is 1. The summed E-state index contributed by atoms with van der Waals surface area (Å²) in [6.45, 7) is 0. The molecule has 0 unspecified atom stereocenters. The summed E-state index contributed by atoms with van der Waals surface area (Å²) in [7, 11) is 1.68. The van der Waals surface area contributed by atoms with E-state index >= 15 is 0 Å². The van der Waals surface area contributed by atoms with Crippen LogP contribution in [0.25, 0.3) is 10.8 Å². The summed E-state index contributed by atoms with van der Waals surface area (Å²) < 4.78 is 13.8. The van der Waals surface area contributed by atoms with Gasteiger partial charge in [-0.25, -0.2) is 4.39 Å². The van der Waals surface area contributed by atoms with Gasteiger partial charge >= 0.3 is 0 Å². The quantitative estimate of drug-likeness (QED) is 0.718. The molecule has 0 spiro atoms. The van der Waals surface area contributed by atoms with E-state index in [1.807, 2.05) is 0 Å². The lowest BCUT2D eigenvalue weighted by molar-refractivity contribution is 0.0994. The van der Waals surface area contributed by atoms with Crippen molar-refractivity contribution in [2.45, 2.75) is 0 Å². The zero-order chi connectivity index (χ0) is 14.8. The first kappa shape index (κ1) is 13.2. The summed E-state index contributed by atoms with van der Waals surface area (Å²) in [6, 6.07) is 13.4. The minimum Gasteiger partial charge on any atom is -0.310 e. The monoisotopic (exact) mass is 280 g/mol. The van der Waals surface area contributed by atoms with Crippen molar-refractivity contribution in [3.63, 3.8) is 0 Å². The van der Waals surface area contributed by atoms with Crippen LogP contribution in [-0.4, -0.2) is 17.9 Å².